The lowest BCUT2D eigenvalue weighted by Crippen LogP contribution is -2.49. The summed E-state index contributed by atoms with van der Waals surface area (Å²) in [4.78, 5) is 14.6. The van der Waals surface area contributed by atoms with Crippen LogP contribution in [0.15, 0.2) is 35.2 Å². The van der Waals surface area contributed by atoms with E-state index in [0.717, 1.165) is 43.1 Å². The second kappa shape index (κ2) is 8.65. The van der Waals surface area contributed by atoms with Gasteiger partial charge < -0.3 is 20.2 Å². The summed E-state index contributed by atoms with van der Waals surface area (Å²) in [6.07, 6.45) is 5.94. The van der Waals surface area contributed by atoms with Crippen LogP contribution in [0.4, 0.5) is 17.6 Å². The molecule has 1 saturated carbocycles. The Kier molecular flexibility index (Phi) is 5.86. The highest BCUT2D eigenvalue weighted by Crippen LogP contribution is 2.40. The lowest BCUT2D eigenvalue weighted by Gasteiger charge is -2.42. The molecular formula is C23H28ClN5O2S. The van der Waals surface area contributed by atoms with Crippen molar-refractivity contribution in [1.29, 1.82) is 0 Å². The van der Waals surface area contributed by atoms with Crippen LogP contribution in [0, 0.1) is 0 Å². The fourth-order valence-electron chi connectivity index (χ4n) is 4.50. The van der Waals surface area contributed by atoms with Crippen LogP contribution in [0.5, 0.6) is 0 Å². The van der Waals surface area contributed by atoms with Crippen molar-refractivity contribution in [2.45, 2.75) is 36.1 Å². The smallest absolute Gasteiger partial charge is 0.229 e. The van der Waals surface area contributed by atoms with Crippen LogP contribution in [-0.2, 0) is 10.8 Å². The number of halogens is 1. The number of rotatable bonds is 5. The zero-order valence-electron chi connectivity index (χ0n) is 18.2. The standard InChI is InChI=1S/C23H28ClN5O2S/c1-28-13-14-32(31)19-20(27-23(15-30)9-2-10-23)25-22(26-21(19)28)29-11-7-17(8-12-29)16-3-5-18(24)6-4-16/h3-7,30H,2,8-15H2,1H3,(H,25,26,27). The van der Waals surface area contributed by atoms with Crippen LogP contribution >= 0.6 is 11.6 Å². The average Bonchev–Trinajstić information content (AvgIpc) is 2.79. The van der Waals surface area contributed by atoms with Gasteiger partial charge in [0.05, 0.1) is 22.9 Å². The Balaban J connectivity index is 1.47. The molecule has 2 aliphatic heterocycles. The molecule has 3 heterocycles. The third-order valence-electron chi connectivity index (χ3n) is 6.74. The van der Waals surface area contributed by atoms with Crippen LogP contribution in [0.2, 0.25) is 5.02 Å². The molecule has 9 heteroatoms. The third-order valence-corrected chi connectivity index (χ3v) is 8.38. The van der Waals surface area contributed by atoms with Gasteiger partial charge in [0, 0.05) is 37.5 Å². The Morgan fingerprint density at radius 1 is 1.22 bits per heavy atom. The lowest BCUT2D eigenvalue weighted by atomic mass is 9.77. The van der Waals surface area contributed by atoms with Crippen LogP contribution < -0.4 is 15.1 Å². The number of aliphatic hydroxyl groups excluding tert-OH is 1. The maximum Gasteiger partial charge on any atom is 0.229 e. The first-order valence-corrected chi connectivity index (χ1v) is 12.8. The van der Waals surface area contributed by atoms with Crippen molar-refractivity contribution in [2.75, 3.05) is 54.2 Å². The normalized spacial score (nSPS) is 22.1. The third kappa shape index (κ3) is 4.00. The summed E-state index contributed by atoms with van der Waals surface area (Å²) in [6, 6.07) is 7.95. The van der Waals surface area contributed by atoms with Gasteiger partial charge in [-0.3, -0.25) is 4.21 Å². The molecule has 3 aliphatic rings. The Morgan fingerprint density at radius 3 is 2.62 bits per heavy atom. The molecule has 2 N–H and O–H groups in total. The zero-order chi connectivity index (χ0) is 22.3. The average molecular weight is 474 g/mol. The minimum atomic E-state index is -1.16. The number of anilines is 3. The van der Waals surface area contributed by atoms with Gasteiger partial charge in [-0.15, -0.1) is 0 Å². The Hall–Kier alpha value is -2.16. The lowest BCUT2D eigenvalue weighted by molar-refractivity contribution is 0.143. The van der Waals surface area contributed by atoms with E-state index in [9.17, 15) is 9.32 Å². The van der Waals surface area contributed by atoms with Gasteiger partial charge in [-0.05, 0) is 49.0 Å². The van der Waals surface area contributed by atoms with Crippen LogP contribution in [0.3, 0.4) is 0 Å². The first-order chi connectivity index (χ1) is 15.5. The molecule has 1 atom stereocenters. The molecule has 0 spiro atoms. The van der Waals surface area contributed by atoms with E-state index in [1.165, 1.54) is 11.1 Å². The number of hydrogen-bond acceptors (Lipinski definition) is 7. The van der Waals surface area contributed by atoms with Gasteiger partial charge in [0.1, 0.15) is 4.90 Å². The van der Waals surface area contributed by atoms with E-state index in [1.807, 2.05) is 19.2 Å². The van der Waals surface area contributed by atoms with Gasteiger partial charge in [-0.1, -0.05) is 29.8 Å². The van der Waals surface area contributed by atoms with Crippen molar-refractivity contribution in [2.24, 2.45) is 0 Å². The number of fused-ring (bicyclic) bond motifs is 1. The SMILES string of the molecule is CN1CCS(=O)c2c(NC3(CO)CCC3)nc(N3CC=C(c4ccc(Cl)cc4)CC3)nc21. The number of aliphatic hydroxyl groups is 1. The number of nitrogens with one attached hydrogen (secondary N) is 1. The van der Waals surface area contributed by atoms with Crippen molar-refractivity contribution in [3.8, 4) is 0 Å². The Labute approximate surface area is 196 Å². The van der Waals surface area contributed by atoms with E-state index in [-0.39, 0.29) is 12.1 Å². The number of nitrogens with zero attached hydrogens (tertiary/aromatic N) is 4. The molecule has 0 saturated heterocycles. The summed E-state index contributed by atoms with van der Waals surface area (Å²) in [5.41, 5.74) is 2.11. The molecule has 0 radical (unpaired) electrons. The summed E-state index contributed by atoms with van der Waals surface area (Å²) in [5, 5.41) is 14.2. The monoisotopic (exact) mass is 473 g/mol. The van der Waals surface area contributed by atoms with E-state index in [1.54, 1.807) is 0 Å². The molecule has 1 fully saturated rings. The molecule has 7 nitrogen and oxygen atoms in total. The fraction of sp³-hybridized carbons (Fsp3) is 0.478. The number of hydrogen-bond donors (Lipinski definition) is 2. The molecule has 1 unspecified atom stereocenters. The molecule has 170 valence electrons. The number of aromatic nitrogens is 2. The molecule has 2 aromatic rings. The van der Waals surface area contributed by atoms with Crippen molar-refractivity contribution >= 4 is 45.6 Å². The van der Waals surface area contributed by atoms with E-state index < -0.39 is 10.8 Å². The van der Waals surface area contributed by atoms with E-state index in [2.05, 4.69) is 33.3 Å². The van der Waals surface area contributed by atoms with Gasteiger partial charge in [-0.25, -0.2) is 0 Å². The molecule has 32 heavy (non-hydrogen) atoms. The quantitative estimate of drug-likeness (QED) is 0.689. The predicted molar refractivity (Wildman–Crippen MR) is 130 cm³/mol. The predicted octanol–water partition coefficient (Wildman–Crippen LogP) is 3.31. The zero-order valence-corrected chi connectivity index (χ0v) is 19.8. The summed E-state index contributed by atoms with van der Waals surface area (Å²) in [7, 11) is 0.822. The first-order valence-electron chi connectivity index (χ1n) is 11.1. The largest absolute Gasteiger partial charge is 0.394 e. The molecule has 1 aromatic carbocycles. The van der Waals surface area contributed by atoms with Crippen molar-refractivity contribution < 1.29 is 9.32 Å². The van der Waals surface area contributed by atoms with E-state index in [4.69, 9.17) is 21.6 Å². The highest BCUT2D eigenvalue weighted by atomic mass is 35.5. The Bertz CT molecular complexity index is 1070. The first kappa shape index (κ1) is 21.7. The molecule has 5 rings (SSSR count). The highest BCUT2D eigenvalue weighted by Gasteiger charge is 2.39. The van der Waals surface area contributed by atoms with E-state index in [0.29, 0.717) is 35.5 Å². The van der Waals surface area contributed by atoms with E-state index >= 15 is 0 Å². The van der Waals surface area contributed by atoms with Gasteiger partial charge in [-0.2, -0.15) is 9.97 Å². The topological polar surface area (TPSA) is 81.6 Å². The van der Waals surface area contributed by atoms with Crippen LogP contribution in [-0.4, -0.2) is 63.9 Å². The van der Waals surface area contributed by atoms with Gasteiger partial charge in [0.25, 0.3) is 0 Å². The summed E-state index contributed by atoms with van der Waals surface area (Å²) in [6.45, 7) is 2.24. The van der Waals surface area contributed by atoms with Gasteiger partial charge >= 0.3 is 0 Å². The molecule has 1 aliphatic carbocycles. The van der Waals surface area contributed by atoms with Crippen molar-refractivity contribution in [3.05, 3.63) is 40.9 Å². The summed E-state index contributed by atoms with van der Waals surface area (Å²) >= 11 is 6.03. The van der Waals surface area contributed by atoms with Crippen LogP contribution in [0.1, 0.15) is 31.2 Å². The van der Waals surface area contributed by atoms with Gasteiger partial charge in [0.2, 0.25) is 5.95 Å². The second-order valence-electron chi connectivity index (χ2n) is 8.85. The molecular weight excluding hydrogens is 446 g/mol. The number of benzene rings is 1. The van der Waals surface area contributed by atoms with Crippen LogP contribution in [0.25, 0.3) is 5.57 Å². The second-order valence-corrected chi connectivity index (χ2v) is 10.8. The molecule has 0 amide bonds. The maximum atomic E-state index is 12.9. The fourth-order valence-corrected chi connectivity index (χ4v) is 5.99. The molecule has 0 bridgehead atoms. The summed E-state index contributed by atoms with van der Waals surface area (Å²) < 4.78 is 12.9. The van der Waals surface area contributed by atoms with Crippen molar-refractivity contribution in [3.63, 3.8) is 0 Å². The maximum absolute atomic E-state index is 12.9. The minimum Gasteiger partial charge on any atom is -0.394 e. The Morgan fingerprint density at radius 2 is 2.00 bits per heavy atom. The highest BCUT2D eigenvalue weighted by molar-refractivity contribution is 7.85. The summed E-state index contributed by atoms with van der Waals surface area (Å²) in [5.74, 6) is 2.53. The van der Waals surface area contributed by atoms with Gasteiger partial charge in [0.15, 0.2) is 11.6 Å². The molecule has 1 aromatic heterocycles. The minimum absolute atomic E-state index is 0.0422. The van der Waals surface area contributed by atoms with Crippen molar-refractivity contribution in [1.82, 2.24) is 9.97 Å².